The van der Waals surface area contributed by atoms with Crippen molar-refractivity contribution < 1.29 is 14.3 Å². The summed E-state index contributed by atoms with van der Waals surface area (Å²) in [7, 11) is 0. The first-order valence-electron chi connectivity index (χ1n) is 13.9. The summed E-state index contributed by atoms with van der Waals surface area (Å²) in [6.07, 6.45) is 0.258. The van der Waals surface area contributed by atoms with E-state index in [0.29, 0.717) is 28.8 Å². The van der Waals surface area contributed by atoms with Gasteiger partial charge in [-0.2, -0.15) is 0 Å². The lowest BCUT2D eigenvalue weighted by Gasteiger charge is -2.19. The summed E-state index contributed by atoms with van der Waals surface area (Å²) in [4.78, 5) is 24.7. The third kappa shape index (κ3) is 6.26. The first-order valence-corrected chi connectivity index (χ1v) is 14.3. The van der Waals surface area contributed by atoms with Gasteiger partial charge in [0, 0.05) is 28.7 Å². The number of amides is 1. The number of ether oxygens (including phenoxy) is 1. The van der Waals surface area contributed by atoms with E-state index < -0.39 is 6.10 Å². The molecule has 2 atom stereocenters. The zero-order valence-corrected chi connectivity index (χ0v) is 25.2. The summed E-state index contributed by atoms with van der Waals surface area (Å²) < 4.78 is 8.16. The fraction of sp³-hybridized carbons (Fsp3) is 0.353. The molecule has 6 heteroatoms. The standard InChI is InChI=1S/C34H39ClN2O3/c1-20(2)26-9-8-10-27(16-26)23(6)36-34(39)28-12-14-31-29(17-28)22(5)24(7)37(31)18-25-11-13-30(35)32(15-25)40-33(19-38)21(3)4/h8-17,19-21,23,33H,18H2,1-7H3,(H,36,39)/t23-,33+/m0/s1. The fourth-order valence-corrected chi connectivity index (χ4v) is 5.09. The number of nitrogens with zero attached hydrogens (tertiary/aromatic N) is 1. The highest BCUT2D eigenvalue weighted by molar-refractivity contribution is 6.32. The van der Waals surface area contributed by atoms with Crippen molar-refractivity contribution in [3.05, 3.63) is 99.2 Å². The van der Waals surface area contributed by atoms with Crippen molar-refractivity contribution in [1.29, 1.82) is 0 Å². The minimum atomic E-state index is -0.560. The van der Waals surface area contributed by atoms with E-state index in [1.165, 1.54) is 5.56 Å². The van der Waals surface area contributed by atoms with Crippen molar-refractivity contribution >= 4 is 34.7 Å². The van der Waals surface area contributed by atoms with Gasteiger partial charge in [0.15, 0.2) is 12.4 Å². The van der Waals surface area contributed by atoms with Gasteiger partial charge in [0.2, 0.25) is 0 Å². The van der Waals surface area contributed by atoms with Crippen LogP contribution in [0.1, 0.15) is 84.9 Å². The quantitative estimate of drug-likeness (QED) is 0.200. The third-order valence-corrected chi connectivity index (χ3v) is 8.03. The molecule has 0 unspecified atom stereocenters. The largest absolute Gasteiger partial charge is 0.481 e. The van der Waals surface area contributed by atoms with Crippen molar-refractivity contribution in [2.45, 2.75) is 73.1 Å². The molecule has 0 saturated heterocycles. The molecule has 4 rings (SSSR count). The molecule has 40 heavy (non-hydrogen) atoms. The summed E-state index contributed by atoms with van der Waals surface area (Å²) in [6, 6.07) is 19.9. The first-order chi connectivity index (χ1) is 19.0. The lowest BCUT2D eigenvalue weighted by Crippen LogP contribution is -2.26. The number of nitrogens with one attached hydrogen (secondary N) is 1. The van der Waals surface area contributed by atoms with Crippen LogP contribution in [0.25, 0.3) is 10.9 Å². The van der Waals surface area contributed by atoms with Gasteiger partial charge < -0.3 is 14.6 Å². The van der Waals surface area contributed by atoms with E-state index in [9.17, 15) is 9.59 Å². The molecule has 4 aromatic rings. The van der Waals surface area contributed by atoms with Crippen LogP contribution in [0.2, 0.25) is 5.02 Å². The number of aromatic nitrogens is 1. The van der Waals surface area contributed by atoms with Crippen molar-refractivity contribution in [1.82, 2.24) is 9.88 Å². The number of aldehydes is 1. The fourth-order valence-electron chi connectivity index (χ4n) is 4.93. The predicted octanol–water partition coefficient (Wildman–Crippen LogP) is 8.18. The second kappa shape index (κ2) is 12.3. The zero-order valence-electron chi connectivity index (χ0n) is 24.4. The Morgan fingerprint density at radius 2 is 1.70 bits per heavy atom. The number of carbonyl (C=O) groups excluding carboxylic acids is 2. The molecule has 0 spiro atoms. The minimum Gasteiger partial charge on any atom is -0.481 e. The summed E-state index contributed by atoms with van der Waals surface area (Å²) >= 11 is 6.39. The smallest absolute Gasteiger partial charge is 0.251 e. The lowest BCUT2D eigenvalue weighted by molar-refractivity contribution is -0.115. The van der Waals surface area contributed by atoms with Crippen LogP contribution in [0, 0.1) is 19.8 Å². The predicted molar refractivity (Wildman–Crippen MR) is 164 cm³/mol. The Kier molecular flexibility index (Phi) is 9.05. The number of fused-ring (bicyclic) bond motifs is 1. The highest BCUT2D eigenvalue weighted by atomic mass is 35.5. The van der Waals surface area contributed by atoms with Gasteiger partial charge in [-0.05, 0) is 85.2 Å². The SMILES string of the molecule is Cc1c(C)n(Cc2ccc(Cl)c(O[C@H](C=O)C(C)C)c2)c2ccc(C(=O)N[C@@H](C)c3cccc(C(C)C)c3)cc12. The van der Waals surface area contributed by atoms with Crippen LogP contribution in [-0.4, -0.2) is 22.9 Å². The minimum absolute atomic E-state index is 0.0371. The molecule has 3 aromatic carbocycles. The van der Waals surface area contributed by atoms with Crippen LogP contribution in [0.5, 0.6) is 5.75 Å². The van der Waals surface area contributed by atoms with Gasteiger partial charge in [0.25, 0.3) is 5.91 Å². The van der Waals surface area contributed by atoms with Gasteiger partial charge in [0.1, 0.15) is 5.75 Å². The molecule has 210 valence electrons. The number of aryl methyl sites for hydroxylation is 1. The summed E-state index contributed by atoms with van der Waals surface area (Å²) in [5, 5.41) is 4.69. The molecule has 0 bridgehead atoms. The molecule has 1 heterocycles. The number of hydrogen-bond acceptors (Lipinski definition) is 3. The molecular weight excluding hydrogens is 520 g/mol. The molecule has 1 aromatic heterocycles. The lowest BCUT2D eigenvalue weighted by atomic mass is 9.98. The normalized spacial score (nSPS) is 13.1. The van der Waals surface area contributed by atoms with Crippen molar-refractivity contribution in [3.63, 3.8) is 0 Å². The molecule has 1 N–H and O–H groups in total. The van der Waals surface area contributed by atoms with Gasteiger partial charge in [-0.25, -0.2) is 0 Å². The van der Waals surface area contributed by atoms with E-state index in [0.717, 1.165) is 39.6 Å². The van der Waals surface area contributed by atoms with Gasteiger partial charge in [-0.1, -0.05) is 69.6 Å². The molecule has 0 fully saturated rings. The topological polar surface area (TPSA) is 60.3 Å². The summed E-state index contributed by atoms with van der Waals surface area (Å²) in [5.41, 5.74) is 7.30. The Morgan fingerprint density at radius 3 is 2.38 bits per heavy atom. The first kappa shape index (κ1) is 29.4. The molecule has 0 aliphatic carbocycles. The van der Waals surface area contributed by atoms with E-state index in [-0.39, 0.29) is 17.9 Å². The van der Waals surface area contributed by atoms with E-state index >= 15 is 0 Å². The highest BCUT2D eigenvalue weighted by Crippen LogP contribution is 2.31. The summed E-state index contributed by atoms with van der Waals surface area (Å²) in [5.74, 6) is 0.877. The van der Waals surface area contributed by atoms with E-state index in [4.69, 9.17) is 16.3 Å². The van der Waals surface area contributed by atoms with Gasteiger partial charge in [0.05, 0.1) is 11.1 Å². The maximum absolute atomic E-state index is 13.2. The maximum Gasteiger partial charge on any atom is 0.251 e. The third-order valence-electron chi connectivity index (χ3n) is 7.72. The number of rotatable bonds is 10. The van der Waals surface area contributed by atoms with Gasteiger partial charge in [-0.15, -0.1) is 0 Å². The van der Waals surface area contributed by atoms with Crippen LogP contribution in [0.3, 0.4) is 0 Å². The van der Waals surface area contributed by atoms with Crippen molar-refractivity contribution in [3.8, 4) is 5.75 Å². The monoisotopic (exact) mass is 558 g/mol. The van der Waals surface area contributed by atoms with Gasteiger partial charge in [-0.3, -0.25) is 9.59 Å². The van der Waals surface area contributed by atoms with E-state index in [1.807, 2.05) is 57.2 Å². The van der Waals surface area contributed by atoms with Crippen LogP contribution in [0.15, 0.2) is 60.7 Å². The van der Waals surface area contributed by atoms with Crippen LogP contribution >= 0.6 is 11.6 Å². The maximum atomic E-state index is 13.2. The van der Waals surface area contributed by atoms with Crippen LogP contribution in [-0.2, 0) is 11.3 Å². The average Bonchev–Trinajstić information content (AvgIpc) is 3.17. The second-order valence-corrected chi connectivity index (χ2v) is 11.7. The summed E-state index contributed by atoms with van der Waals surface area (Å²) in [6.45, 7) is 15.0. The van der Waals surface area contributed by atoms with E-state index in [1.54, 1.807) is 0 Å². The molecule has 0 radical (unpaired) electrons. The Balaban J connectivity index is 1.58. The number of halogens is 1. The molecule has 1 amide bonds. The van der Waals surface area contributed by atoms with Crippen molar-refractivity contribution in [2.75, 3.05) is 0 Å². The molecule has 0 aliphatic heterocycles. The number of hydrogen-bond donors (Lipinski definition) is 1. The molecule has 0 saturated carbocycles. The number of benzene rings is 3. The van der Waals surface area contributed by atoms with Crippen molar-refractivity contribution in [2.24, 2.45) is 5.92 Å². The van der Waals surface area contributed by atoms with Crippen LogP contribution < -0.4 is 10.1 Å². The molecule has 0 aliphatic rings. The Bertz CT molecular complexity index is 1540. The van der Waals surface area contributed by atoms with Crippen LogP contribution in [0.4, 0.5) is 0 Å². The Labute approximate surface area is 242 Å². The number of carbonyl (C=O) groups is 2. The van der Waals surface area contributed by atoms with E-state index in [2.05, 4.69) is 61.8 Å². The molecular formula is C34H39ClN2O3. The van der Waals surface area contributed by atoms with Gasteiger partial charge >= 0.3 is 0 Å². The Morgan fingerprint density at radius 1 is 0.975 bits per heavy atom. The Hall–Kier alpha value is -3.57. The second-order valence-electron chi connectivity index (χ2n) is 11.3. The highest BCUT2D eigenvalue weighted by Gasteiger charge is 2.19. The average molecular weight is 559 g/mol. The molecule has 5 nitrogen and oxygen atoms in total. The zero-order chi connectivity index (χ0) is 29.1.